The van der Waals surface area contributed by atoms with E-state index in [0.717, 1.165) is 43.4 Å². The van der Waals surface area contributed by atoms with Crippen molar-refractivity contribution in [1.29, 1.82) is 0 Å². The summed E-state index contributed by atoms with van der Waals surface area (Å²) in [7, 11) is -1.81. The number of nitrogens with zero attached hydrogens (tertiary/aromatic N) is 1. The van der Waals surface area contributed by atoms with Crippen LogP contribution in [0, 0.1) is 0 Å². The molecular formula is C18H28N2O4S. The monoisotopic (exact) mass is 368 g/mol. The van der Waals surface area contributed by atoms with Crippen molar-refractivity contribution in [1.82, 2.24) is 9.62 Å². The second-order valence-corrected chi connectivity index (χ2v) is 8.60. The molecule has 6 nitrogen and oxygen atoms in total. The Morgan fingerprint density at radius 3 is 2.36 bits per heavy atom. The molecule has 7 heteroatoms. The quantitative estimate of drug-likeness (QED) is 0.802. The van der Waals surface area contributed by atoms with Gasteiger partial charge in [0.05, 0.1) is 26.0 Å². The van der Waals surface area contributed by atoms with Crippen molar-refractivity contribution >= 4 is 15.9 Å². The molecule has 2 rings (SSSR count). The number of rotatable bonds is 7. The lowest BCUT2D eigenvalue weighted by atomic mass is 9.95. The van der Waals surface area contributed by atoms with Gasteiger partial charge >= 0.3 is 0 Å². The lowest BCUT2D eigenvalue weighted by Crippen LogP contribution is -2.46. The molecule has 1 atom stereocenters. The maximum Gasteiger partial charge on any atom is 0.235 e. The Hall–Kier alpha value is -1.60. The van der Waals surface area contributed by atoms with Gasteiger partial charge in [0.25, 0.3) is 0 Å². The van der Waals surface area contributed by atoms with Crippen LogP contribution < -0.4 is 10.1 Å². The second-order valence-electron chi connectivity index (χ2n) is 6.66. The first-order chi connectivity index (χ1) is 11.8. The van der Waals surface area contributed by atoms with Gasteiger partial charge in [-0.05, 0) is 37.5 Å². The summed E-state index contributed by atoms with van der Waals surface area (Å²) in [6.07, 6.45) is 6.00. The van der Waals surface area contributed by atoms with Gasteiger partial charge in [-0.1, -0.05) is 31.4 Å². The summed E-state index contributed by atoms with van der Waals surface area (Å²) < 4.78 is 30.7. The molecule has 0 saturated heterocycles. The number of carbonyl (C=O) groups is 1. The van der Waals surface area contributed by atoms with Crippen molar-refractivity contribution in [2.45, 2.75) is 51.1 Å². The van der Waals surface area contributed by atoms with Crippen LogP contribution in [0.2, 0.25) is 0 Å². The molecule has 1 amide bonds. The molecule has 1 unspecified atom stereocenters. The number of hydrogen-bond acceptors (Lipinski definition) is 4. The lowest BCUT2D eigenvalue weighted by Gasteiger charge is -2.32. The topological polar surface area (TPSA) is 75.7 Å². The van der Waals surface area contributed by atoms with Gasteiger partial charge in [0, 0.05) is 6.04 Å². The first-order valence-electron chi connectivity index (χ1n) is 8.71. The number of methoxy groups -OCH3 is 1. The molecule has 0 aliphatic heterocycles. The molecular weight excluding hydrogens is 340 g/mol. The number of nitrogens with one attached hydrogen (secondary N) is 1. The summed E-state index contributed by atoms with van der Waals surface area (Å²) in [4.78, 5) is 12.4. The van der Waals surface area contributed by atoms with Gasteiger partial charge in [-0.3, -0.25) is 4.79 Å². The molecule has 1 saturated carbocycles. The van der Waals surface area contributed by atoms with Crippen LogP contribution in [0.5, 0.6) is 5.75 Å². The zero-order valence-corrected chi connectivity index (χ0v) is 16.0. The second kappa shape index (κ2) is 8.67. The van der Waals surface area contributed by atoms with Crippen LogP contribution >= 0.6 is 0 Å². The average molecular weight is 368 g/mol. The minimum atomic E-state index is -3.41. The molecule has 0 radical (unpaired) electrons. The maximum absolute atomic E-state index is 12.4. The molecule has 0 bridgehead atoms. The van der Waals surface area contributed by atoms with Gasteiger partial charge in [0.2, 0.25) is 15.9 Å². The molecule has 1 aliphatic carbocycles. The molecule has 0 aromatic heterocycles. The fourth-order valence-electron chi connectivity index (χ4n) is 3.29. The Morgan fingerprint density at radius 1 is 1.24 bits per heavy atom. The SMILES string of the molecule is COc1ccc(C(C)NC(=O)CN(C2CCCCC2)S(C)(=O)=O)cc1. The summed E-state index contributed by atoms with van der Waals surface area (Å²) in [5, 5.41) is 2.89. The highest BCUT2D eigenvalue weighted by atomic mass is 32.2. The fraction of sp³-hybridized carbons (Fsp3) is 0.611. The van der Waals surface area contributed by atoms with Crippen molar-refractivity contribution in [2.24, 2.45) is 0 Å². The first-order valence-corrected chi connectivity index (χ1v) is 10.6. The van der Waals surface area contributed by atoms with E-state index in [1.165, 1.54) is 10.6 Å². The number of benzene rings is 1. The largest absolute Gasteiger partial charge is 0.497 e. The van der Waals surface area contributed by atoms with Crippen molar-refractivity contribution in [2.75, 3.05) is 19.9 Å². The van der Waals surface area contributed by atoms with E-state index in [4.69, 9.17) is 4.74 Å². The van der Waals surface area contributed by atoms with Crippen molar-refractivity contribution in [3.05, 3.63) is 29.8 Å². The molecule has 0 heterocycles. The van der Waals surface area contributed by atoms with Gasteiger partial charge in [0.15, 0.2) is 0 Å². The predicted molar refractivity (Wildman–Crippen MR) is 98.0 cm³/mol. The van der Waals surface area contributed by atoms with Gasteiger partial charge in [-0.15, -0.1) is 0 Å². The predicted octanol–water partition coefficient (Wildman–Crippen LogP) is 2.47. The van der Waals surface area contributed by atoms with Gasteiger partial charge in [-0.2, -0.15) is 4.31 Å². The Labute approximate surface area is 150 Å². The molecule has 1 aliphatic rings. The van der Waals surface area contributed by atoms with E-state index >= 15 is 0 Å². The van der Waals surface area contributed by atoms with E-state index < -0.39 is 10.0 Å². The number of amides is 1. The minimum Gasteiger partial charge on any atom is -0.497 e. The zero-order chi connectivity index (χ0) is 18.4. The van der Waals surface area contributed by atoms with E-state index in [1.54, 1.807) is 7.11 Å². The van der Waals surface area contributed by atoms with E-state index in [-0.39, 0.29) is 24.5 Å². The smallest absolute Gasteiger partial charge is 0.235 e. The number of hydrogen-bond donors (Lipinski definition) is 1. The van der Waals surface area contributed by atoms with Crippen LogP contribution in [0.4, 0.5) is 0 Å². The molecule has 1 aromatic rings. The highest BCUT2D eigenvalue weighted by Gasteiger charge is 2.30. The Kier molecular flexibility index (Phi) is 6.84. The van der Waals surface area contributed by atoms with Gasteiger partial charge < -0.3 is 10.1 Å². The van der Waals surface area contributed by atoms with E-state index in [1.807, 2.05) is 31.2 Å². The van der Waals surface area contributed by atoms with Crippen molar-refractivity contribution in [3.8, 4) is 5.75 Å². The zero-order valence-electron chi connectivity index (χ0n) is 15.2. The maximum atomic E-state index is 12.4. The van der Waals surface area contributed by atoms with Gasteiger partial charge in [-0.25, -0.2) is 8.42 Å². The standard InChI is InChI=1S/C18H28N2O4S/c1-14(15-9-11-17(24-2)12-10-15)19-18(21)13-20(25(3,22)23)16-7-5-4-6-8-16/h9-12,14,16H,4-8,13H2,1-3H3,(H,19,21). The third-order valence-corrected chi connectivity index (χ3v) is 5.98. The number of sulfonamides is 1. The van der Waals surface area contributed by atoms with Crippen LogP contribution in [0.15, 0.2) is 24.3 Å². The third kappa shape index (κ3) is 5.71. The van der Waals surface area contributed by atoms with Crippen molar-refractivity contribution in [3.63, 3.8) is 0 Å². The molecule has 140 valence electrons. The number of ether oxygens (including phenoxy) is 1. The van der Waals surface area contributed by atoms with Crippen LogP contribution in [-0.4, -0.2) is 44.6 Å². The molecule has 0 spiro atoms. The summed E-state index contributed by atoms with van der Waals surface area (Å²) in [6, 6.07) is 7.18. The summed E-state index contributed by atoms with van der Waals surface area (Å²) in [6.45, 7) is 1.76. The summed E-state index contributed by atoms with van der Waals surface area (Å²) in [5.74, 6) is 0.474. The van der Waals surface area contributed by atoms with E-state index in [9.17, 15) is 13.2 Å². The normalized spacial score (nSPS) is 17.3. The van der Waals surface area contributed by atoms with E-state index in [0.29, 0.717) is 0 Å². The van der Waals surface area contributed by atoms with Gasteiger partial charge in [0.1, 0.15) is 5.75 Å². The third-order valence-electron chi connectivity index (χ3n) is 4.70. The molecule has 1 N–H and O–H groups in total. The first kappa shape index (κ1) is 19.7. The highest BCUT2D eigenvalue weighted by molar-refractivity contribution is 7.88. The van der Waals surface area contributed by atoms with Crippen LogP contribution in [-0.2, 0) is 14.8 Å². The van der Waals surface area contributed by atoms with Crippen LogP contribution in [0.25, 0.3) is 0 Å². The van der Waals surface area contributed by atoms with Crippen LogP contribution in [0.1, 0.15) is 50.6 Å². The average Bonchev–Trinajstić information content (AvgIpc) is 2.59. The van der Waals surface area contributed by atoms with E-state index in [2.05, 4.69) is 5.32 Å². The fourth-order valence-corrected chi connectivity index (χ4v) is 4.39. The Balaban J connectivity index is 1.99. The number of carbonyl (C=O) groups excluding carboxylic acids is 1. The summed E-state index contributed by atoms with van der Waals surface area (Å²) in [5.41, 5.74) is 0.942. The molecule has 1 fully saturated rings. The van der Waals surface area contributed by atoms with Crippen LogP contribution in [0.3, 0.4) is 0 Å². The minimum absolute atomic E-state index is 0.0641. The van der Waals surface area contributed by atoms with Crippen molar-refractivity contribution < 1.29 is 17.9 Å². The Bertz CT molecular complexity index is 667. The Morgan fingerprint density at radius 2 is 1.84 bits per heavy atom. The molecule has 25 heavy (non-hydrogen) atoms. The summed E-state index contributed by atoms with van der Waals surface area (Å²) >= 11 is 0. The highest BCUT2D eigenvalue weighted by Crippen LogP contribution is 2.24. The lowest BCUT2D eigenvalue weighted by molar-refractivity contribution is -0.122. The molecule has 1 aromatic carbocycles.